The number of rotatable bonds is 9. The fourth-order valence-electron chi connectivity index (χ4n) is 2.40. The van der Waals surface area contributed by atoms with Gasteiger partial charge in [-0.1, -0.05) is 30.3 Å². The van der Waals surface area contributed by atoms with E-state index in [1.807, 2.05) is 49.0 Å². The number of thioether (sulfide) groups is 1. The molecular formula is C20H27N3O2S2. The number of guanidine groups is 1. The van der Waals surface area contributed by atoms with Crippen molar-refractivity contribution in [3.05, 3.63) is 60.2 Å². The van der Waals surface area contributed by atoms with Crippen LogP contribution in [0.3, 0.4) is 0 Å². The van der Waals surface area contributed by atoms with E-state index in [-0.39, 0.29) is 0 Å². The standard InChI is InChI=1S/C20H27N3O2S2/c1-3-21-20(23-15-16-26-18-7-5-4-6-8-18)22-14-13-17-9-11-19(12-10-17)27(2,24)25/h4-12H,3,13-16H2,1-2H3,(H2,21,22,23). The third-order valence-electron chi connectivity index (χ3n) is 3.77. The first-order valence-electron chi connectivity index (χ1n) is 8.98. The normalized spacial score (nSPS) is 12.0. The predicted octanol–water partition coefficient (Wildman–Crippen LogP) is 2.98. The fraction of sp³-hybridized carbons (Fsp3) is 0.350. The highest BCUT2D eigenvalue weighted by molar-refractivity contribution is 7.99. The van der Waals surface area contributed by atoms with Crippen LogP contribution in [0.2, 0.25) is 0 Å². The fourth-order valence-corrected chi connectivity index (χ4v) is 3.82. The van der Waals surface area contributed by atoms with Crippen molar-refractivity contribution < 1.29 is 8.42 Å². The molecule has 0 bridgehead atoms. The summed E-state index contributed by atoms with van der Waals surface area (Å²) in [6.45, 7) is 4.31. The first-order valence-corrected chi connectivity index (χ1v) is 11.9. The first-order chi connectivity index (χ1) is 13.0. The molecule has 2 rings (SSSR count). The third-order valence-corrected chi connectivity index (χ3v) is 5.91. The van der Waals surface area contributed by atoms with Gasteiger partial charge in [0, 0.05) is 36.5 Å². The summed E-state index contributed by atoms with van der Waals surface area (Å²) in [5.74, 6) is 1.76. The van der Waals surface area contributed by atoms with Crippen LogP contribution in [0, 0.1) is 0 Å². The molecule has 2 N–H and O–H groups in total. The highest BCUT2D eigenvalue weighted by Gasteiger charge is 2.06. The van der Waals surface area contributed by atoms with Crippen LogP contribution in [0.5, 0.6) is 0 Å². The second kappa shape index (κ2) is 11.0. The van der Waals surface area contributed by atoms with Crippen LogP contribution in [0.4, 0.5) is 0 Å². The summed E-state index contributed by atoms with van der Waals surface area (Å²) in [5.41, 5.74) is 1.07. The molecule has 0 aliphatic rings. The molecule has 2 aromatic carbocycles. The summed E-state index contributed by atoms with van der Waals surface area (Å²) < 4.78 is 23.0. The number of hydrogen-bond donors (Lipinski definition) is 2. The second-order valence-electron chi connectivity index (χ2n) is 6.02. The Balaban J connectivity index is 1.78. The van der Waals surface area contributed by atoms with Gasteiger partial charge in [0.25, 0.3) is 0 Å². The Morgan fingerprint density at radius 2 is 1.74 bits per heavy atom. The molecule has 0 fully saturated rings. The Morgan fingerprint density at radius 3 is 2.37 bits per heavy atom. The van der Waals surface area contributed by atoms with Crippen molar-refractivity contribution >= 4 is 27.6 Å². The molecule has 7 heteroatoms. The molecular weight excluding hydrogens is 378 g/mol. The smallest absolute Gasteiger partial charge is 0.191 e. The van der Waals surface area contributed by atoms with E-state index in [4.69, 9.17) is 0 Å². The molecule has 0 saturated heterocycles. The molecule has 0 aliphatic heterocycles. The zero-order valence-corrected chi connectivity index (χ0v) is 17.4. The molecule has 0 spiro atoms. The van der Waals surface area contributed by atoms with Gasteiger partial charge in [-0.3, -0.25) is 4.99 Å². The molecule has 0 radical (unpaired) electrons. The SMILES string of the molecule is CCNC(=NCCc1ccc(S(C)(=O)=O)cc1)NCCSc1ccccc1. The minimum absolute atomic E-state index is 0.348. The van der Waals surface area contributed by atoms with Crippen molar-refractivity contribution in [1.29, 1.82) is 0 Å². The van der Waals surface area contributed by atoms with Gasteiger partial charge in [0.05, 0.1) is 4.90 Å². The maximum Gasteiger partial charge on any atom is 0.191 e. The Morgan fingerprint density at radius 1 is 1.04 bits per heavy atom. The van der Waals surface area contributed by atoms with Gasteiger partial charge in [-0.2, -0.15) is 0 Å². The zero-order chi connectivity index (χ0) is 19.5. The summed E-state index contributed by atoms with van der Waals surface area (Å²) in [7, 11) is -3.14. The zero-order valence-electron chi connectivity index (χ0n) is 15.8. The van der Waals surface area contributed by atoms with Crippen LogP contribution < -0.4 is 10.6 Å². The molecule has 0 aliphatic carbocycles. The summed E-state index contributed by atoms with van der Waals surface area (Å²) in [6.07, 6.45) is 1.98. The molecule has 5 nitrogen and oxygen atoms in total. The number of aliphatic imine (C=N–C) groups is 1. The first kappa shape index (κ1) is 21.3. The van der Waals surface area contributed by atoms with E-state index in [0.717, 1.165) is 36.8 Å². The van der Waals surface area contributed by atoms with Gasteiger partial charge in [0.2, 0.25) is 0 Å². The number of hydrogen-bond acceptors (Lipinski definition) is 4. The Bertz CT molecular complexity index is 820. The van der Waals surface area contributed by atoms with Gasteiger partial charge in [0.1, 0.15) is 0 Å². The maximum atomic E-state index is 11.5. The van der Waals surface area contributed by atoms with E-state index < -0.39 is 9.84 Å². The Hall–Kier alpha value is -1.99. The van der Waals surface area contributed by atoms with E-state index in [1.165, 1.54) is 11.2 Å². The minimum Gasteiger partial charge on any atom is -0.357 e. The van der Waals surface area contributed by atoms with E-state index in [0.29, 0.717) is 11.4 Å². The van der Waals surface area contributed by atoms with Gasteiger partial charge < -0.3 is 10.6 Å². The van der Waals surface area contributed by atoms with Crippen LogP contribution in [0.25, 0.3) is 0 Å². The summed E-state index contributed by atoms with van der Waals surface area (Å²) in [5, 5.41) is 6.59. The molecule has 0 heterocycles. The van der Waals surface area contributed by atoms with Crippen LogP contribution in [0.15, 0.2) is 69.4 Å². The Kier molecular flexibility index (Phi) is 8.67. The molecule has 146 valence electrons. The van der Waals surface area contributed by atoms with Crippen molar-refractivity contribution in [3.8, 4) is 0 Å². The van der Waals surface area contributed by atoms with Crippen LogP contribution in [-0.2, 0) is 16.3 Å². The highest BCUT2D eigenvalue weighted by Crippen LogP contribution is 2.15. The maximum absolute atomic E-state index is 11.5. The van der Waals surface area contributed by atoms with Crippen LogP contribution in [-0.4, -0.2) is 46.0 Å². The lowest BCUT2D eigenvalue weighted by Gasteiger charge is -2.11. The largest absolute Gasteiger partial charge is 0.357 e. The molecule has 0 saturated carbocycles. The minimum atomic E-state index is -3.14. The summed E-state index contributed by atoms with van der Waals surface area (Å²) in [6, 6.07) is 17.3. The van der Waals surface area contributed by atoms with Crippen molar-refractivity contribution in [2.24, 2.45) is 4.99 Å². The van der Waals surface area contributed by atoms with Crippen LogP contribution >= 0.6 is 11.8 Å². The topological polar surface area (TPSA) is 70.6 Å². The van der Waals surface area contributed by atoms with E-state index >= 15 is 0 Å². The number of nitrogens with zero attached hydrogens (tertiary/aromatic N) is 1. The Labute approximate surface area is 166 Å². The number of sulfone groups is 1. The van der Waals surface area contributed by atoms with Crippen molar-refractivity contribution in [2.45, 2.75) is 23.1 Å². The molecule has 2 aromatic rings. The van der Waals surface area contributed by atoms with Crippen molar-refractivity contribution in [2.75, 3.05) is 31.6 Å². The summed E-state index contributed by atoms with van der Waals surface area (Å²) >= 11 is 1.81. The number of nitrogens with one attached hydrogen (secondary N) is 2. The molecule has 27 heavy (non-hydrogen) atoms. The lowest BCUT2D eigenvalue weighted by molar-refractivity contribution is 0.602. The van der Waals surface area contributed by atoms with Gasteiger partial charge in [0.15, 0.2) is 15.8 Å². The lowest BCUT2D eigenvalue weighted by atomic mass is 10.1. The quantitative estimate of drug-likeness (QED) is 0.290. The summed E-state index contributed by atoms with van der Waals surface area (Å²) in [4.78, 5) is 6.20. The van der Waals surface area contributed by atoms with Gasteiger partial charge >= 0.3 is 0 Å². The average molecular weight is 406 g/mol. The molecule has 0 atom stereocenters. The van der Waals surface area contributed by atoms with Crippen molar-refractivity contribution in [3.63, 3.8) is 0 Å². The molecule has 0 aromatic heterocycles. The molecule has 0 amide bonds. The average Bonchev–Trinajstić information content (AvgIpc) is 2.66. The van der Waals surface area contributed by atoms with Gasteiger partial charge in [-0.15, -0.1) is 11.8 Å². The highest BCUT2D eigenvalue weighted by atomic mass is 32.2. The van der Waals surface area contributed by atoms with Gasteiger partial charge in [-0.05, 0) is 43.2 Å². The lowest BCUT2D eigenvalue weighted by Crippen LogP contribution is -2.38. The monoisotopic (exact) mass is 405 g/mol. The van der Waals surface area contributed by atoms with E-state index in [9.17, 15) is 8.42 Å². The predicted molar refractivity (Wildman–Crippen MR) is 114 cm³/mol. The van der Waals surface area contributed by atoms with E-state index in [1.54, 1.807) is 12.1 Å². The second-order valence-corrected chi connectivity index (χ2v) is 9.20. The number of benzene rings is 2. The van der Waals surface area contributed by atoms with E-state index in [2.05, 4.69) is 27.8 Å². The van der Waals surface area contributed by atoms with Gasteiger partial charge in [-0.25, -0.2) is 8.42 Å². The van der Waals surface area contributed by atoms with Crippen LogP contribution in [0.1, 0.15) is 12.5 Å². The third kappa shape index (κ3) is 8.05. The molecule has 0 unspecified atom stereocenters. The van der Waals surface area contributed by atoms with Crippen molar-refractivity contribution in [1.82, 2.24) is 10.6 Å².